The van der Waals surface area contributed by atoms with Gasteiger partial charge in [0, 0.05) is 29.1 Å². The minimum Gasteiger partial charge on any atom is -0.494 e. The van der Waals surface area contributed by atoms with Gasteiger partial charge in [-0.3, -0.25) is 18.9 Å². The van der Waals surface area contributed by atoms with Gasteiger partial charge in [-0.2, -0.15) is 0 Å². The van der Waals surface area contributed by atoms with E-state index in [-0.39, 0.29) is 22.4 Å². The van der Waals surface area contributed by atoms with Crippen molar-refractivity contribution in [1.29, 1.82) is 0 Å². The fraction of sp³-hybridized carbons (Fsp3) is 0.250. The fourth-order valence-corrected chi connectivity index (χ4v) is 4.55. The summed E-state index contributed by atoms with van der Waals surface area (Å²) < 4.78 is 10.6. The Kier molecular flexibility index (Phi) is 3.48. The Morgan fingerprint density at radius 3 is 2.70 bits per heavy atom. The first-order valence-corrected chi connectivity index (χ1v) is 9.61. The summed E-state index contributed by atoms with van der Waals surface area (Å²) in [7, 11) is 1.62. The van der Waals surface area contributed by atoms with Crippen LogP contribution in [0.1, 0.15) is 24.6 Å². The maximum absolute atomic E-state index is 13.0. The number of aryl methyl sites for hydroxylation is 1. The van der Waals surface area contributed by atoms with Crippen LogP contribution in [-0.4, -0.2) is 21.0 Å². The van der Waals surface area contributed by atoms with E-state index in [1.54, 1.807) is 13.2 Å². The lowest BCUT2D eigenvalue weighted by atomic mass is 10.0. The van der Waals surface area contributed by atoms with Gasteiger partial charge in [-0.25, -0.2) is 0 Å². The predicted molar refractivity (Wildman–Crippen MR) is 107 cm³/mol. The Morgan fingerprint density at radius 1 is 1.22 bits per heavy atom. The number of aromatic nitrogens is 3. The van der Waals surface area contributed by atoms with Crippen LogP contribution in [-0.2, 0) is 0 Å². The summed E-state index contributed by atoms with van der Waals surface area (Å²) in [6.45, 7) is 1.94. The van der Waals surface area contributed by atoms with E-state index in [0.717, 1.165) is 35.2 Å². The van der Waals surface area contributed by atoms with Gasteiger partial charge < -0.3 is 9.30 Å². The van der Waals surface area contributed by atoms with E-state index in [1.807, 2.05) is 31.3 Å². The second-order valence-corrected chi connectivity index (χ2v) is 7.67. The highest BCUT2D eigenvalue weighted by Gasteiger charge is 2.30. The highest BCUT2D eigenvalue weighted by molar-refractivity contribution is 7.12. The minimum atomic E-state index is -0.318. The van der Waals surface area contributed by atoms with E-state index >= 15 is 0 Å². The zero-order chi connectivity index (χ0) is 18.7. The standard InChI is InChI=1S/C20H17N3O3S/c1-10-3-4-11(9-21-10)13-7-8-14-16(18(13)26-2)23(12-5-6-12)20-15(17(14)24)19(25)22-27-20/h3-4,7-9,12H,5-6H2,1-2H3,(H,22,25). The summed E-state index contributed by atoms with van der Waals surface area (Å²) in [5, 5.41) is 0.755. The molecule has 7 heteroatoms. The molecule has 3 aromatic heterocycles. The van der Waals surface area contributed by atoms with Gasteiger partial charge in [0.1, 0.15) is 10.2 Å². The molecule has 5 rings (SSSR count). The summed E-state index contributed by atoms with van der Waals surface area (Å²) in [4.78, 5) is 30.3. The summed E-state index contributed by atoms with van der Waals surface area (Å²) in [6.07, 6.45) is 3.86. The molecule has 1 aromatic carbocycles. The van der Waals surface area contributed by atoms with Crippen LogP contribution < -0.4 is 15.7 Å². The first kappa shape index (κ1) is 16.3. The Morgan fingerprint density at radius 2 is 2.04 bits per heavy atom. The molecule has 4 aromatic rings. The number of fused-ring (bicyclic) bond motifs is 2. The van der Waals surface area contributed by atoms with Gasteiger partial charge >= 0.3 is 0 Å². The van der Waals surface area contributed by atoms with E-state index in [1.165, 1.54) is 11.5 Å². The Labute approximate surface area is 158 Å². The van der Waals surface area contributed by atoms with E-state index < -0.39 is 0 Å². The molecule has 1 fully saturated rings. The van der Waals surface area contributed by atoms with Crippen molar-refractivity contribution in [3.8, 4) is 16.9 Å². The van der Waals surface area contributed by atoms with Crippen LogP contribution in [0.3, 0.4) is 0 Å². The van der Waals surface area contributed by atoms with Crippen LogP contribution in [0.2, 0.25) is 0 Å². The second kappa shape index (κ2) is 5.79. The lowest BCUT2D eigenvalue weighted by Crippen LogP contribution is -2.15. The molecule has 6 nitrogen and oxygen atoms in total. The quantitative estimate of drug-likeness (QED) is 0.590. The van der Waals surface area contributed by atoms with Gasteiger partial charge in [0.2, 0.25) is 5.43 Å². The van der Waals surface area contributed by atoms with Crippen molar-refractivity contribution in [2.24, 2.45) is 0 Å². The number of aromatic amines is 1. The van der Waals surface area contributed by atoms with Gasteiger partial charge in [-0.1, -0.05) is 6.07 Å². The second-order valence-electron chi connectivity index (χ2n) is 6.87. The molecule has 0 atom stereocenters. The maximum atomic E-state index is 13.0. The smallest absolute Gasteiger partial charge is 0.271 e. The molecular weight excluding hydrogens is 362 g/mol. The molecule has 1 aliphatic carbocycles. The number of pyridine rings is 2. The lowest BCUT2D eigenvalue weighted by Gasteiger charge is -2.17. The third-order valence-electron chi connectivity index (χ3n) is 5.08. The van der Waals surface area contributed by atoms with E-state index in [4.69, 9.17) is 4.74 Å². The van der Waals surface area contributed by atoms with Crippen LogP contribution in [0.25, 0.3) is 32.2 Å². The zero-order valence-corrected chi connectivity index (χ0v) is 15.7. The summed E-state index contributed by atoms with van der Waals surface area (Å²) in [5.74, 6) is 0.643. The van der Waals surface area contributed by atoms with Gasteiger partial charge in [0.05, 0.1) is 18.0 Å². The first-order valence-electron chi connectivity index (χ1n) is 8.79. The van der Waals surface area contributed by atoms with Crippen molar-refractivity contribution in [3.05, 3.63) is 56.7 Å². The largest absolute Gasteiger partial charge is 0.494 e. The summed E-state index contributed by atoms with van der Waals surface area (Å²) in [5.41, 5.74) is 2.94. The molecule has 27 heavy (non-hydrogen) atoms. The number of benzene rings is 1. The number of nitrogens with one attached hydrogen (secondary N) is 1. The fourth-order valence-electron chi connectivity index (χ4n) is 3.64. The van der Waals surface area contributed by atoms with Crippen molar-refractivity contribution in [1.82, 2.24) is 13.9 Å². The molecule has 0 spiro atoms. The monoisotopic (exact) mass is 379 g/mol. The molecule has 0 aliphatic heterocycles. The zero-order valence-electron chi connectivity index (χ0n) is 14.9. The Balaban J connectivity index is 1.96. The molecule has 1 saturated carbocycles. The maximum Gasteiger partial charge on any atom is 0.271 e. The third kappa shape index (κ3) is 2.35. The average molecular weight is 379 g/mol. The number of nitrogens with zero attached hydrogens (tertiary/aromatic N) is 2. The predicted octanol–water partition coefficient (Wildman–Crippen LogP) is 3.62. The number of ether oxygens (including phenoxy) is 1. The van der Waals surface area contributed by atoms with E-state index in [2.05, 4.69) is 13.9 Å². The number of rotatable bonds is 3. The van der Waals surface area contributed by atoms with Crippen LogP contribution in [0, 0.1) is 6.92 Å². The number of hydrogen-bond acceptors (Lipinski definition) is 5. The number of H-pyrrole nitrogens is 1. The third-order valence-corrected chi connectivity index (χ3v) is 5.96. The highest BCUT2D eigenvalue weighted by atomic mass is 32.1. The summed E-state index contributed by atoms with van der Waals surface area (Å²) >= 11 is 1.22. The van der Waals surface area contributed by atoms with Crippen LogP contribution in [0.15, 0.2) is 40.1 Å². The molecule has 0 saturated heterocycles. The normalized spacial score (nSPS) is 14.1. The molecule has 1 aliphatic rings. The highest BCUT2D eigenvalue weighted by Crippen LogP contribution is 2.44. The Bertz CT molecular complexity index is 1310. The van der Waals surface area contributed by atoms with Crippen LogP contribution >= 0.6 is 11.5 Å². The summed E-state index contributed by atoms with van der Waals surface area (Å²) in [6, 6.07) is 7.90. The van der Waals surface area contributed by atoms with Gasteiger partial charge in [-0.15, -0.1) is 0 Å². The van der Waals surface area contributed by atoms with Crippen LogP contribution in [0.4, 0.5) is 0 Å². The molecule has 0 bridgehead atoms. The molecule has 136 valence electrons. The minimum absolute atomic E-state index is 0.242. The van der Waals surface area contributed by atoms with Crippen molar-refractivity contribution >= 4 is 32.7 Å². The molecule has 1 N–H and O–H groups in total. The van der Waals surface area contributed by atoms with Crippen molar-refractivity contribution in [3.63, 3.8) is 0 Å². The van der Waals surface area contributed by atoms with Gasteiger partial charge in [-0.05, 0) is 49.5 Å². The average Bonchev–Trinajstić information content (AvgIpc) is 3.44. The van der Waals surface area contributed by atoms with Crippen molar-refractivity contribution in [2.45, 2.75) is 25.8 Å². The molecular formula is C20H17N3O3S. The molecule has 0 radical (unpaired) electrons. The van der Waals surface area contributed by atoms with E-state index in [0.29, 0.717) is 16.0 Å². The molecule has 0 unspecified atom stereocenters. The lowest BCUT2D eigenvalue weighted by molar-refractivity contribution is 0.419. The molecule has 3 heterocycles. The van der Waals surface area contributed by atoms with Gasteiger partial charge in [0.15, 0.2) is 5.75 Å². The van der Waals surface area contributed by atoms with Crippen molar-refractivity contribution < 1.29 is 4.74 Å². The number of methoxy groups -OCH3 is 1. The Hall–Kier alpha value is -2.93. The topological polar surface area (TPSA) is 77.0 Å². The SMILES string of the molecule is COc1c(-c2ccc(C)nc2)ccc2c(=O)c3c(=O)[nH]sc3n(C3CC3)c12. The van der Waals surface area contributed by atoms with Crippen LogP contribution in [0.5, 0.6) is 5.75 Å². The van der Waals surface area contributed by atoms with E-state index in [9.17, 15) is 9.59 Å². The molecule has 0 amide bonds. The number of hydrogen-bond donors (Lipinski definition) is 1. The van der Waals surface area contributed by atoms with Gasteiger partial charge in [0.25, 0.3) is 5.56 Å². The van der Waals surface area contributed by atoms with Crippen molar-refractivity contribution in [2.75, 3.05) is 7.11 Å². The first-order chi connectivity index (χ1) is 13.1.